The van der Waals surface area contributed by atoms with Gasteiger partial charge in [0.05, 0.1) is 0 Å². The smallest absolute Gasteiger partial charge is 0.137 e. The maximum atomic E-state index is 7.13. The third-order valence-electron chi connectivity index (χ3n) is 16.3. The summed E-state index contributed by atoms with van der Waals surface area (Å²) in [6.07, 6.45) is 1.98. The Morgan fingerprint density at radius 1 is 0.382 bits per heavy atom. The van der Waals surface area contributed by atoms with E-state index >= 15 is 0 Å². The van der Waals surface area contributed by atoms with E-state index in [1.54, 1.807) is 0 Å². The number of hydrogen-bond acceptors (Lipinski definition) is 3. The lowest BCUT2D eigenvalue weighted by Gasteiger charge is -2.36. The average Bonchev–Trinajstić information content (AvgIpc) is 3.83. The molecule has 3 nitrogen and oxygen atoms in total. The normalized spacial score (nSPS) is 13.9. The van der Waals surface area contributed by atoms with Crippen LogP contribution in [0.4, 0.5) is 34.1 Å². The Hall–Kier alpha value is -7.36. The van der Waals surface area contributed by atoms with E-state index in [9.17, 15) is 0 Å². The molecular formula is C73H76N2O. The van der Waals surface area contributed by atoms with E-state index in [0.717, 1.165) is 57.8 Å². The van der Waals surface area contributed by atoms with Crippen molar-refractivity contribution in [2.45, 2.75) is 137 Å². The van der Waals surface area contributed by atoms with Crippen molar-refractivity contribution >= 4 is 66.8 Å². The molecule has 0 fully saturated rings. The molecule has 1 aliphatic rings. The van der Waals surface area contributed by atoms with Crippen LogP contribution in [-0.2, 0) is 33.5 Å². The molecule has 384 valence electrons. The number of rotatable bonds is 8. The number of aryl methyl sites for hydroxylation is 1. The number of hydrogen-bond donors (Lipinski definition) is 0. The fraction of sp³-hybridized carbons (Fsp3) is 0.288. The first kappa shape index (κ1) is 50.8. The summed E-state index contributed by atoms with van der Waals surface area (Å²) in [7, 11) is 0. The number of fused-ring (bicyclic) bond motifs is 4. The van der Waals surface area contributed by atoms with Gasteiger partial charge in [0.25, 0.3) is 0 Å². The molecule has 11 rings (SSSR count). The minimum atomic E-state index is -0.110. The molecule has 0 radical (unpaired) electrons. The predicted molar refractivity (Wildman–Crippen MR) is 328 cm³/mol. The van der Waals surface area contributed by atoms with Gasteiger partial charge in [-0.25, -0.2) is 0 Å². The fourth-order valence-electron chi connectivity index (χ4n) is 11.7. The maximum absolute atomic E-state index is 7.13. The van der Waals surface area contributed by atoms with Gasteiger partial charge >= 0.3 is 0 Å². The first-order valence-electron chi connectivity index (χ1n) is 27.6. The molecule has 1 aromatic heterocycles. The summed E-state index contributed by atoms with van der Waals surface area (Å²) < 4.78 is 7.13. The highest BCUT2D eigenvalue weighted by Gasteiger charge is 2.35. The molecule has 0 unspecified atom stereocenters. The molecular weight excluding hydrogens is 921 g/mol. The molecule has 0 saturated heterocycles. The number of anilines is 6. The highest BCUT2D eigenvalue weighted by atomic mass is 16.3. The van der Waals surface area contributed by atoms with Gasteiger partial charge < -0.3 is 14.2 Å². The lowest BCUT2D eigenvalue weighted by Crippen LogP contribution is -2.25. The fourth-order valence-corrected chi connectivity index (χ4v) is 11.7. The lowest BCUT2D eigenvalue weighted by molar-refractivity contribution is 0.478. The molecule has 1 aliphatic carbocycles. The number of furan rings is 1. The van der Waals surface area contributed by atoms with E-state index in [0.29, 0.717) is 0 Å². The molecule has 0 aliphatic heterocycles. The lowest BCUT2D eigenvalue weighted by atomic mass is 9.70. The van der Waals surface area contributed by atoms with Gasteiger partial charge in [-0.15, -0.1) is 0 Å². The molecule has 10 aromatic rings. The van der Waals surface area contributed by atoms with Crippen LogP contribution in [0.1, 0.15) is 137 Å². The van der Waals surface area contributed by atoms with E-state index in [1.807, 2.05) is 0 Å². The monoisotopic (exact) mass is 997 g/mol. The van der Waals surface area contributed by atoms with Crippen LogP contribution in [0.2, 0.25) is 0 Å². The van der Waals surface area contributed by atoms with Crippen LogP contribution >= 0.6 is 0 Å². The zero-order valence-corrected chi connectivity index (χ0v) is 47.5. The van der Waals surface area contributed by atoms with Gasteiger partial charge in [0, 0.05) is 51.0 Å². The van der Waals surface area contributed by atoms with Crippen molar-refractivity contribution < 1.29 is 4.42 Å². The second-order valence-electron chi connectivity index (χ2n) is 26.5. The molecule has 9 aromatic carbocycles. The highest BCUT2D eigenvalue weighted by molar-refractivity contribution is 6.16. The Balaban J connectivity index is 1.08. The Kier molecular flexibility index (Phi) is 12.3. The van der Waals surface area contributed by atoms with Gasteiger partial charge in [-0.2, -0.15) is 0 Å². The highest BCUT2D eigenvalue weighted by Crippen LogP contribution is 2.52. The molecule has 3 heteroatoms. The van der Waals surface area contributed by atoms with Gasteiger partial charge in [0.2, 0.25) is 0 Å². The molecule has 0 spiro atoms. The maximum Gasteiger partial charge on any atom is 0.137 e. The minimum absolute atomic E-state index is 0.0347. The van der Waals surface area contributed by atoms with Crippen LogP contribution in [0.3, 0.4) is 0 Å². The van der Waals surface area contributed by atoms with Gasteiger partial charge in [0.15, 0.2) is 0 Å². The molecule has 0 N–H and O–H groups in total. The third-order valence-corrected chi connectivity index (χ3v) is 16.3. The number of nitrogens with zero attached hydrogens (tertiary/aromatic N) is 2. The van der Waals surface area contributed by atoms with E-state index in [1.165, 1.54) is 77.5 Å². The summed E-state index contributed by atoms with van der Waals surface area (Å²) in [6, 6.07) is 68.6. The van der Waals surface area contributed by atoms with E-state index < -0.39 is 0 Å². The second kappa shape index (κ2) is 18.4. The van der Waals surface area contributed by atoms with Crippen molar-refractivity contribution in [1.82, 2.24) is 0 Å². The summed E-state index contributed by atoms with van der Waals surface area (Å²) in [5.41, 5.74) is 21.6. The number of benzene rings is 9. The van der Waals surface area contributed by atoms with E-state index in [-0.39, 0.29) is 27.1 Å². The zero-order valence-electron chi connectivity index (χ0n) is 47.5. The van der Waals surface area contributed by atoms with Gasteiger partial charge in [0.1, 0.15) is 11.2 Å². The minimum Gasteiger partial charge on any atom is -0.456 e. The molecule has 1 heterocycles. The molecule has 0 bridgehead atoms. The summed E-state index contributed by atoms with van der Waals surface area (Å²) in [5.74, 6) is 0. The Morgan fingerprint density at radius 2 is 0.829 bits per heavy atom. The third kappa shape index (κ3) is 9.41. The Morgan fingerprint density at radius 3 is 1.34 bits per heavy atom. The van der Waals surface area contributed by atoms with Gasteiger partial charge in [-0.1, -0.05) is 200 Å². The van der Waals surface area contributed by atoms with Gasteiger partial charge in [-0.3, -0.25) is 0 Å². The quantitative estimate of drug-likeness (QED) is 0.151. The Bertz CT molecular complexity index is 3820. The van der Waals surface area contributed by atoms with Crippen molar-refractivity contribution in [3.05, 3.63) is 215 Å². The first-order valence-corrected chi connectivity index (χ1v) is 27.6. The van der Waals surface area contributed by atoms with Crippen LogP contribution in [0.5, 0.6) is 0 Å². The standard InChI is InChI=1S/C73H76N2O/c1-69(2,3)52-28-32-56(33-29-52)74(58-25-17-21-49(43-58)47-19-15-23-54(41-47)71(7,8)9)60-36-37-62-64(46-60)76-65-45-51-27-38-63(61-39-40-73(13,14)68(66(51)61)67(62)65)75(57-34-30-53(31-35-57)70(4,5)6)59-26-18-22-50(44-59)48-20-16-24-55(42-48)72(10,11)12/h15-38,41-46H,39-40H2,1-14H3. The van der Waals surface area contributed by atoms with Crippen LogP contribution in [-0.4, -0.2) is 0 Å². The Labute approximate surface area is 453 Å². The van der Waals surface area contributed by atoms with Crippen LogP contribution in [0.15, 0.2) is 186 Å². The van der Waals surface area contributed by atoms with Crippen molar-refractivity contribution in [3.63, 3.8) is 0 Å². The van der Waals surface area contributed by atoms with Crippen LogP contribution in [0.25, 0.3) is 55.0 Å². The SMILES string of the molecule is CC(C)(C)c1ccc(N(c2cccc(-c3cccc(C(C)(C)C)c3)c2)c2ccc3c(c2)oc2cc4ccc(N(c5ccc(C(C)(C)C)cc5)c5cccc(-c6cccc(C(C)(C)C)c6)c5)c5c4c(c23)C(C)(C)CC5)cc1. The van der Waals surface area contributed by atoms with Crippen molar-refractivity contribution in [2.24, 2.45) is 0 Å². The molecule has 0 saturated carbocycles. The van der Waals surface area contributed by atoms with Crippen molar-refractivity contribution in [3.8, 4) is 22.3 Å². The van der Waals surface area contributed by atoms with Gasteiger partial charge in [-0.05, 0) is 179 Å². The summed E-state index contributed by atoms with van der Waals surface area (Å²) in [5, 5.41) is 4.95. The second-order valence-corrected chi connectivity index (χ2v) is 26.5. The molecule has 0 atom stereocenters. The zero-order chi connectivity index (χ0) is 53.7. The van der Waals surface area contributed by atoms with E-state index in [4.69, 9.17) is 4.42 Å². The van der Waals surface area contributed by atoms with Crippen molar-refractivity contribution in [1.29, 1.82) is 0 Å². The van der Waals surface area contributed by atoms with Crippen molar-refractivity contribution in [2.75, 3.05) is 9.80 Å². The summed E-state index contributed by atoms with van der Waals surface area (Å²) in [6.45, 7) is 32.3. The first-order chi connectivity index (χ1) is 35.9. The largest absolute Gasteiger partial charge is 0.456 e. The van der Waals surface area contributed by atoms with Crippen LogP contribution < -0.4 is 9.80 Å². The van der Waals surface area contributed by atoms with E-state index in [2.05, 4.69) is 289 Å². The van der Waals surface area contributed by atoms with Crippen LogP contribution in [0, 0.1) is 0 Å². The summed E-state index contributed by atoms with van der Waals surface area (Å²) in [4.78, 5) is 4.91. The molecule has 76 heavy (non-hydrogen) atoms. The average molecular weight is 997 g/mol. The summed E-state index contributed by atoms with van der Waals surface area (Å²) >= 11 is 0. The molecule has 0 amide bonds. The topological polar surface area (TPSA) is 19.6 Å². The predicted octanol–water partition coefficient (Wildman–Crippen LogP) is 21.4.